The summed E-state index contributed by atoms with van der Waals surface area (Å²) < 4.78 is 5.42. The van der Waals surface area contributed by atoms with Crippen molar-refractivity contribution in [2.45, 2.75) is 6.54 Å². The number of quaternary nitrogens is 1. The molecular formula is C18H22N3O2+. The van der Waals surface area contributed by atoms with Gasteiger partial charge < -0.3 is 14.5 Å². The van der Waals surface area contributed by atoms with Crippen molar-refractivity contribution >= 4 is 5.91 Å². The normalized spacial score (nSPS) is 15.4. The maximum Gasteiger partial charge on any atom is 0.254 e. The topological polar surface area (TPSA) is 46.9 Å². The average molecular weight is 312 g/mol. The number of piperazine rings is 1. The average Bonchev–Trinajstić information content (AvgIpc) is 2.63. The van der Waals surface area contributed by atoms with Crippen LogP contribution in [-0.4, -0.2) is 49.1 Å². The number of methoxy groups -OCH3 is 1. The lowest BCUT2D eigenvalue weighted by atomic mass is 10.1. The summed E-state index contributed by atoms with van der Waals surface area (Å²) in [5, 5.41) is 0. The van der Waals surface area contributed by atoms with Gasteiger partial charge in [-0.2, -0.15) is 0 Å². The molecule has 0 atom stereocenters. The molecule has 0 aliphatic carbocycles. The Bertz CT molecular complexity index is 652. The molecule has 1 aromatic heterocycles. The third-order valence-corrected chi connectivity index (χ3v) is 4.32. The van der Waals surface area contributed by atoms with E-state index in [-0.39, 0.29) is 5.91 Å². The minimum Gasteiger partial charge on any atom is -0.496 e. The summed E-state index contributed by atoms with van der Waals surface area (Å²) in [6, 6.07) is 11.7. The van der Waals surface area contributed by atoms with Gasteiger partial charge in [-0.25, -0.2) is 0 Å². The minimum absolute atomic E-state index is 0.101. The molecule has 0 unspecified atom stereocenters. The van der Waals surface area contributed by atoms with Gasteiger partial charge in [0.15, 0.2) is 0 Å². The van der Waals surface area contributed by atoms with E-state index in [2.05, 4.69) is 11.1 Å². The Morgan fingerprint density at radius 2 is 1.87 bits per heavy atom. The molecule has 1 aliphatic heterocycles. The third-order valence-electron chi connectivity index (χ3n) is 4.32. The molecule has 120 valence electrons. The van der Waals surface area contributed by atoms with Crippen LogP contribution in [0.5, 0.6) is 5.75 Å². The maximum absolute atomic E-state index is 12.4. The SMILES string of the molecule is COc1ccccc1C[NH+]1CCN(C(=O)c2ccncc2)CC1. The molecule has 0 radical (unpaired) electrons. The first-order valence-corrected chi connectivity index (χ1v) is 7.92. The zero-order valence-corrected chi connectivity index (χ0v) is 13.4. The fourth-order valence-electron chi connectivity index (χ4n) is 3.00. The Labute approximate surface area is 136 Å². The van der Waals surface area contributed by atoms with Crippen molar-refractivity contribution in [2.24, 2.45) is 0 Å². The molecule has 0 bridgehead atoms. The summed E-state index contributed by atoms with van der Waals surface area (Å²) in [7, 11) is 1.71. The standard InChI is InChI=1S/C18H21N3O2/c1-23-17-5-3-2-4-16(17)14-20-10-12-21(13-11-20)18(22)15-6-8-19-9-7-15/h2-9H,10-14H2,1H3/p+1. The van der Waals surface area contributed by atoms with Crippen molar-refractivity contribution in [3.63, 3.8) is 0 Å². The Balaban J connectivity index is 1.57. The highest BCUT2D eigenvalue weighted by atomic mass is 16.5. The number of benzene rings is 1. The molecule has 3 rings (SSSR count). The van der Waals surface area contributed by atoms with Gasteiger partial charge in [0.05, 0.1) is 33.3 Å². The van der Waals surface area contributed by atoms with Crippen molar-refractivity contribution in [1.29, 1.82) is 0 Å². The van der Waals surface area contributed by atoms with E-state index in [1.54, 1.807) is 31.6 Å². The highest BCUT2D eigenvalue weighted by Crippen LogP contribution is 2.16. The van der Waals surface area contributed by atoms with E-state index >= 15 is 0 Å². The molecule has 1 aromatic carbocycles. The molecule has 1 fully saturated rings. The number of carbonyl (C=O) groups excluding carboxylic acids is 1. The molecule has 1 amide bonds. The van der Waals surface area contributed by atoms with Crippen molar-refractivity contribution < 1.29 is 14.4 Å². The lowest BCUT2D eigenvalue weighted by Crippen LogP contribution is -3.13. The van der Waals surface area contributed by atoms with Gasteiger partial charge in [0, 0.05) is 23.5 Å². The third kappa shape index (κ3) is 3.68. The Kier molecular flexibility index (Phi) is 4.88. The highest BCUT2D eigenvalue weighted by molar-refractivity contribution is 5.94. The van der Waals surface area contributed by atoms with Crippen LogP contribution in [0.25, 0.3) is 0 Å². The van der Waals surface area contributed by atoms with Gasteiger partial charge in [-0.3, -0.25) is 9.78 Å². The van der Waals surface area contributed by atoms with Crippen LogP contribution >= 0.6 is 0 Å². The van der Waals surface area contributed by atoms with Crippen LogP contribution in [0.3, 0.4) is 0 Å². The van der Waals surface area contributed by atoms with E-state index in [9.17, 15) is 4.79 Å². The van der Waals surface area contributed by atoms with Crippen LogP contribution in [0.15, 0.2) is 48.8 Å². The van der Waals surface area contributed by atoms with E-state index in [1.807, 2.05) is 23.1 Å². The van der Waals surface area contributed by atoms with Crippen molar-refractivity contribution in [3.05, 3.63) is 59.9 Å². The van der Waals surface area contributed by atoms with E-state index in [1.165, 1.54) is 10.5 Å². The molecule has 0 spiro atoms. The highest BCUT2D eigenvalue weighted by Gasteiger charge is 2.25. The van der Waals surface area contributed by atoms with Crippen LogP contribution in [-0.2, 0) is 6.54 Å². The second-order valence-electron chi connectivity index (χ2n) is 5.77. The minimum atomic E-state index is 0.101. The Morgan fingerprint density at radius 3 is 2.57 bits per heavy atom. The van der Waals surface area contributed by atoms with E-state index < -0.39 is 0 Å². The van der Waals surface area contributed by atoms with Crippen LogP contribution < -0.4 is 9.64 Å². The zero-order chi connectivity index (χ0) is 16.1. The molecule has 2 heterocycles. The van der Waals surface area contributed by atoms with E-state index in [4.69, 9.17) is 4.74 Å². The van der Waals surface area contributed by atoms with E-state index in [0.29, 0.717) is 5.56 Å². The first-order chi connectivity index (χ1) is 11.3. The Hall–Kier alpha value is -2.40. The number of rotatable bonds is 4. The van der Waals surface area contributed by atoms with Crippen molar-refractivity contribution in [3.8, 4) is 5.75 Å². The Morgan fingerprint density at radius 1 is 1.17 bits per heavy atom. The number of para-hydroxylation sites is 1. The van der Waals surface area contributed by atoms with Gasteiger partial charge in [-0.1, -0.05) is 12.1 Å². The lowest BCUT2D eigenvalue weighted by molar-refractivity contribution is -0.917. The van der Waals surface area contributed by atoms with Crippen LogP contribution in [0.2, 0.25) is 0 Å². The molecule has 1 aliphatic rings. The molecular weight excluding hydrogens is 290 g/mol. The summed E-state index contributed by atoms with van der Waals surface area (Å²) in [6.07, 6.45) is 3.33. The zero-order valence-electron chi connectivity index (χ0n) is 13.4. The second kappa shape index (κ2) is 7.24. The number of ether oxygens (including phenoxy) is 1. The summed E-state index contributed by atoms with van der Waals surface area (Å²) in [5.41, 5.74) is 1.94. The van der Waals surface area contributed by atoms with Crippen molar-refractivity contribution in [1.82, 2.24) is 9.88 Å². The summed E-state index contributed by atoms with van der Waals surface area (Å²) in [6.45, 7) is 4.41. The number of nitrogens with zero attached hydrogens (tertiary/aromatic N) is 2. The predicted molar refractivity (Wildman–Crippen MR) is 87.5 cm³/mol. The van der Waals surface area contributed by atoms with Crippen LogP contribution in [0.4, 0.5) is 0 Å². The number of hydrogen-bond donors (Lipinski definition) is 1. The number of hydrogen-bond acceptors (Lipinski definition) is 3. The number of carbonyl (C=O) groups is 1. The predicted octanol–water partition coefficient (Wildman–Crippen LogP) is 0.631. The van der Waals surface area contributed by atoms with Gasteiger partial charge >= 0.3 is 0 Å². The smallest absolute Gasteiger partial charge is 0.254 e. The summed E-state index contributed by atoms with van der Waals surface area (Å²) in [4.78, 5) is 19.8. The molecule has 23 heavy (non-hydrogen) atoms. The number of pyridine rings is 1. The quantitative estimate of drug-likeness (QED) is 0.901. The maximum atomic E-state index is 12.4. The van der Waals surface area contributed by atoms with Crippen LogP contribution in [0.1, 0.15) is 15.9 Å². The second-order valence-corrected chi connectivity index (χ2v) is 5.77. The molecule has 0 saturated carbocycles. The summed E-state index contributed by atoms with van der Waals surface area (Å²) >= 11 is 0. The van der Waals surface area contributed by atoms with Gasteiger partial charge in [-0.05, 0) is 24.3 Å². The van der Waals surface area contributed by atoms with Gasteiger partial charge in [0.25, 0.3) is 5.91 Å². The van der Waals surface area contributed by atoms with Crippen molar-refractivity contribution in [2.75, 3.05) is 33.3 Å². The van der Waals surface area contributed by atoms with Crippen LogP contribution in [0, 0.1) is 0 Å². The van der Waals surface area contributed by atoms with Gasteiger partial charge in [0.1, 0.15) is 12.3 Å². The number of aromatic nitrogens is 1. The van der Waals surface area contributed by atoms with Gasteiger partial charge in [-0.15, -0.1) is 0 Å². The largest absolute Gasteiger partial charge is 0.496 e. The number of nitrogens with one attached hydrogen (secondary N) is 1. The van der Waals surface area contributed by atoms with Gasteiger partial charge in [0.2, 0.25) is 0 Å². The molecule has 2 aromatic rings. The molecule has 1 saturated heterocycles. The molecule has 5 nitrogen and oxygen atoms in total. The fraction of sp³-hybridized carbons (Fsp3) is 0.333. The fourth-order valence-corrected chi connectivity index (χ4v) is 3.00. The lowest BCUT2D eigenvalue weighted by Gasteiger charge is -2.32. The molecule has 1 N–H and O–H groups in total. The monoisotopic (exact) mass is 312 g/mol. The number of amides is 1. The first-order valence-electron chi connectivity index (χ1n) is 7.92. The first kappa shape index (κ1) is 15.5. The summed E-state index contributed by atoms with van der Waals surface area (Å²) in [5.74, 6) is 1.04. The van der Waals surface area contributed by atoms with E-state index in [0.717, 1.165) is 38.5 Å². The molecule has 5 heteroatoms.